The minimum Gasteiger partial charge on any atom is -0.458 e. The predicted molar refractivity (Wildman–Crippen MR) is 224 cm³/mol. The van der Waals surface area contributed by atoms with Crippen molar-refractivity contribution in [1.29, 1.82) is 0 Å². The van der Waals surface area contributed by atoms with Crippen molar-refractivity contribution < 1.29 is 9.30 Å². The van der Waals surface area contributed by atoms with Gasteiger partial charge in [-0.15, -0.1) is 0 Å². The van der Waals surface area contributed by atoms with Crippen molar-refractivity contribution in [3.8, 4) is 28.7 Å². The average molecular weight is 723 g/mol. The summed E-state index contributed by atoms with van der Waals surface area (Å²) in [5.74, 6) is 2.51. The van der Waals surface area contributed by atoms with Gasteiger partial charge in [0.05, 0.1) is 33.4 Å². The van der Waals surface area contributed by atoms with Gasteiger partial charge >= 0.3 is 0 Å². The topological polar surface area (TPSA) is 35.9 Å². The van der Waals surface area contributed by atoms with Gasteiger partial charge in [-0.1, -0.05) is 116 Å². The first-order valence-electron chi connectivity index (χ1n) is 19.1. The Kier molecular flexibility index (Phi) is 6.64. The number of pyridine rings is 1. The lowest BCUT2D eigenvalue weighted by Gasteiger charge is -2.43. The number of rotatable bonds is 3. The Morgan fingerprint density at radius 3 is 2.20 bits per heavy atom. The van der Waals surface area contributed by atoms with E-state index < -0.39 is 8.07 Å². The first-order chi connectivity index (χ1) is 25.7. The van der Waals surface area contributed by atoms with Crippen LogP contribution in [-0.2, 0) is 16.2 Å². The van der Waals surface area contributed by atoms with Crippen molar-refractivity contribution in [2.24, 2.45) is 0 Å². The quantitative estimate of drug-likeness (QED) is 0.103. The van der Waals surface area contributed by atoms with E-state index in [9.17, 15) is 0 Å². The number of ether oxygens (including phenoxy) is 1. The molecule has 8 aromatic rings. The van der Waals surface area contributed by atoms with Crippen molar-refractivity contribution >= 4 is 51.3 Å². The van der Waals surface area contributed by atoms with Gasteiger partial charge in [0, 0.05) is 23.0 Å². The van der Waals surface area contributed by atoms with Crippen LogP contribution in [0.15, 0.2) is 115 Å². The van der Waals surface area contributed by atoms with E-state index in [1.807, 2.05) is 6.20 Å². The minimum atomic E-state index is -2.10. The molecule has 6 heteroatoms. The Bertz CT molecular complexity index is 2880. The molecule has 0 unspecified atom stereocenters. The van der Waals surface area contributed by atoms with Crippen LogP contribution < -0.4 is 19.7 Å². The number of aromatic nitrogens is 4. The van der Waals surface area contributed by atoms with Crippen molar-refractivity contribution in [3.63, 3.8) is 0 Å². The lowest BCUT2D eigenvalue weighted by molar-refractivity contribution is -0.573. The maximum Gasteiger partial charge on any atom is 0.269 e. The second kappa shape index (κ2) is 10.8. The smallest absolute Gasteiger partial charge is 0.269 e. The predicted octanol–water partition coefficient (Wildman–Crippen LogP) is 9.99. The van der Waals surface area contributed by atoms with Crippen LogP contribution in [0.4, 0.5) is 0 Å². The van der Waals surface area contributed by atoms with E-state index >= 15 is 0 Å². The van der Waals surface area contributed by atoms with Crippen molar-refractivity contribution in [1.82, 2.24) is 14.1 Å². The zero-order valence-corrected chi connectivity index (χ0v) is 33.7. The van der Waals surface area contributed by atoms with E-state index in [4.69, 9.17) is 9.72 Å². The number of hydrogen-bond acceptors (Lipinski definition) is 2. The van der Waals surface area contributed by atoms with Gasteiger partial charge in [-0.2, -0.15) is 0 Å². The van der Waals surface area contributed by atoms with Crippen LogP contribution in [0.3, 0.4) is 0 Å². The number of nitrogens with zero attached hydrogens (tertiary/aromatic N) is 4. The first-order valence-corrected chi connectivity index (χ1v) is 22.1. The third-order valence-electron chi connectivity index (χ3n) is 13.1. The summed E-state index contributed by atoms with van der Waals surface area (Å²) >= 11 is 0. The largest absolute Gasteiger partial charge is 0.458 e. The first kappa shape index (κ1) is 33.1. The molecule has 0 N–H and O–H groups in total. The van der Waals surface area contributed by atoms with Crippen LogP contribution in [0.5, 0.6) is 11.5 Å². The summed E-state index contributed by atoms with van der Waals surface area (Å²) in [6.45, 7) is 21.3. The van der Waals surface area contributed by atoms with Crippen LogP contribution in [0.25, 0.3) is 50.0 Å². The lowest BCUT2D eigenvalue weighted by Crippen LogP contribution is -2.57. The van der Waals surface area contributed by atoms with Crippen LogP contribution >= 0.6 is 0 Å². The molecule has 0 fully saturated rings. The molecule has 0 bridgehead atoms. The second-order valence-electron chi connectivity index (χ2n) is 18.0. The van der Waals surface area contributed by atoms with Crippen molar-refractivity contribution in [2.45, 2.75) is 77.8 Å². The highest BCUT2D eigenvalue weighted by molar-refractivity contribution is 7.02. The van der Waals surface area contributed by atoms with Crippen molar-refractivity contribution in [2.75, 3.05) is 0 Å². The fourth-order valence-electron chi connectivity index (χ4n) is 9.30. The van der Waals surface area contributed by atoms with Gasteiger partial charge < -0.3 is 4.74 Å². The molecule has 0 aliphatic carbocycles. The molecule has 54 heavy (non-hydrogen) atoms. The summed E-state index contributed by atoms with van der Waals surface area (Å²) in [6, 6.07) is 39.8. The van der Waals surface area contributed by atoms with E-state index in [1.54, 1.807) is 0 Å². The van der Waals surface area contributed by atoms with Gasteiger partial charge in [-0.25, -0.2) is 4.98 Å². The Labute approximate surface area is 318 Å². The second-order valence-corrected chi connectivity index (χ2v) is 22.3. The Morgan fingerprint density at radius 2 is 1.39 bits per heavy atom. The molecule has 3 aromatic heterocycles. The highest BCUT2D eigenvalue weighted by atomic mass is 28.3. The fourth-order valence-corrected chi connectivity index (χ4v) is 12.2. The van der Waals surface area contributed by atoms with Crippen LogP contribution in [0, 0.1) is 6.33 Å². The van der Waals surface area contributed by atoms with E-state index in [0.29, 0.717) is 0 Å². The standard InChI is InChI=1S/C48H46N4OSi/c1-46(2,3)30-24-25-49-43(26-30)52-37-16-12-10-14-33(37)34-20-18-31(27-39(34)52)53-32-19-22-41-40(28-32)51-29-50-38-17-13-11-15-35(38)47(4,5)48(6,7)36-21-23-42(54(41,8)9)45(51)44(36)50/h10-28H,1-9H3. The van der Waals surface area contributed by atoms with Gasteiger partial charge in [-0.05, 0) is 91.8 Å². The maximum atomic E-state index is 6.82. The summed E-state index contributed by atoms with van der Waals surface area (Å²) in [4.78, 5) is 4.88. The SMILES string of the molecule is CC(C)(C)c1ccnc(-n2c3ccccc3c3ccc(Oc4ccc5c(c4)-n4[c-][n+]6c7c(ccc(c74)[Si]5(C)C)C(C)(C)C(C)(C)c4ccccc4-6)cc32)c1. The Hall–Kier alpha value is -5.46. The number of benzene rings is 5. The third kappa shape index (κ3) is 4.37. The normalized spacial score (nSPS) is 16.3. The van der Waals surface area contributed by atoms with Gasteiger partial charge in [0.25, 0.3) is 6.33 Å². The van der Waals surface area contributed by atoms with Crippen LogP contribution in [-0.4, -0.2) is 22.2 Å². The number of para-hydroxylation sites is 2. The van der Waals surface area contributed by atoms with Gasteiger partial charge in [0.15, 0.2) is 0 Å². The zero-order valence-electron chi connectivity index (χ0n) is 32.7. The van der Waals surface area contributed by atoms with Crippen LogP contribution in [0.1, 0.15) is 65.2 Å². The average Bonchev–Trinajstić information content (AvgIpc) is 3.69. The molecule has 2 aliphatic heterocycles. The summed E-state index contributed by atoms with van der Waals surface area (Å²) in [5, 5.41) is 5.21. The number of imidazole rings is 1. The molecule has 268 valence electrons. The summed E-state index contributed by atoms with van der Waals surface area (Å²) in [5.41, 5.74) is 10.9. The number of hydrogen-bond donors (Lipinski definition) is 0. The van der Waals surface area contributed by atoms with Gasteiger partial charge in [0.1, 0.15) is 25.4 Å². The molecule has 2 aliphatic rings. The summed E-state index contributed by atoms with van der Waals surface area (Å²) < 4.78 is 13.8. The molecule has 0 saturated heterocycles. The lowest BCUT2D eigenvalue weighted by atomic mass is 9.61. The monoisotopic (exact) mass is 722 g/mol. The van der Waals surface area contributed by atoms with E-state index in [2.05, 4.69) is 191 Å². The molecule has 5 heterocycles. The summed E-state index contributed by atoms with van der Waals surface area (Å²) in [7, 11) is -2.10. The molecular weight excluding hydrogens is 677 g/mol. The highest BCUT2D eigenvalue weighted by Gasteiger charge is 2.46. The molecule has 10 rings (SSSR count). The van der Waals surface area contributed by atoms with E-state index in [0.717, 1.165) is 34.0 Å². The molecule has 0 spiro atoms. The molecule has 0 saturated carbocycles. The summed E-state index contributed by atoms with van der Waals surface area (Å²) in [6.07, 6.45) is 5.83. The maximum absolute atomic E-state index is 6.82. The van der Waals surface area contributed by atoms with Crippen molar-refractivity contribution in [3.05, 3.63) is 138 Å². The molecular formula is C48H46N4OSi. The molecule has 5 aromatic carbocycles. The molecule has 0 radical (unpaired) electrons. The molecule has 0 amide bonds. The van der Waals surface area contributed by atoms with E-state index in [-0.39, 0.29) is 16.2 Å². The Balaban J connectivity index is 1.14. The zero-order chi connectivity index (χ0) is 37.5. The minimum absolute atomic E-state index is 0.00577. The van der Waals surface area contributed by atoms with Crippen LogP contribution in [0.2, 0.25) is 13.1 Å². The fraction of sp³-hybridized carbons (Fsp3) is 0.250. The third-order valence-corrected chi connectivity index (χ3v) is 16.7. The van der Waals surface area contributed by atoms with Gasteiger partial charge in [-0.3, -0.25) is 13.7 Å². The van der Waals surface area contributed by atoms with E-state index in [1.165, 1.54) is 54.6 Å². The highest BCUT2D eigenvalue weighted by Crippen LogP contribution is 2.49. The Morgan fingerprint density at radius 1 is 0.704 bits per heavy atom. The molecule has 5 nitrogen and oxygen atoms in total. The van der Waals surface area contributed by atoms with Gasteiger partial charge in [0.2, 0.25) is 0 Å². The number of fused-ring (bicyclic) bond motifs is 7. The molecule has 0 atom stereocenters.